The zero-order valence-electron chi connectivity index (χ0n) is 16.6. The number of pyridine rings is 1. The molecule has 0 aliphatic heterocycles. The number of carbonyl (C=O) groups excluding carboxylic acids is 1. The minimum atomic E-state index is -0.339. The number of methoxy groups -OCH3 is 3. The van der Waals surface area contributed by atoms with Gasteiger partial charge in [0, 0.05) is 17.4 Å². The number of carbonyl (C=O) groups is 1. The highest BCUT2D eigenvalue weighted by Crippen LogP contribution is 2.40. The zero-order valence-corrected chi connectivity index (χ0v) is 16.6. The quantitative estimate of drug-likeness (QED) is 0.514. The van der Waals surface area contributed by atoms with Crippen molar-refractivity contribution in [2.45, 2.75) is 0 Å². The number of benzene rings is 2. The molecule has 0 unspecified atom stereocenters. The van der Waals surface area contributed by atoms with E-state index in [2.05, 4.69) is 15.3 Å². The summed E-state index contributed by atoms with van der Waals surface area (Å²) in [6, 6.07) is 12.2. The number of rotatable bonds is 6. The van der Waals surface area contributed by atoms with E-state index in [4.69, 9.17) is 18.6 Å². The van der Waals surface area contributed by atoms with E-state index in [9.17, 15) is 4.79 Å². The van der Waals surface area contributed by atoms with Crippen LogP contribution in [-0.4, -0.2) is 37.2 Å². The van der Waals surface area contributed by atoms with Crippen LogP contribution < -0.4 is 19.5 Å². The summed E-state index contributed by atoms with van der Waals surface area (Å²) >= 11 is 0. The van der Waals surface area contributed by atoms with Crippen molar-refractivity contribution in [1.82, 2.24) is 9.97 Å². The van der Waals surface area contributed by atoms with Crippen molar-refractivity contribution in [2.24, 2.45) is 0 Å². The van der Waals surface area contributed by atoms with Crippen LogP contribution in [0.25, 0.3) is 22.6 Å². The lowest BCUT2D eigenvalue weighted by Gasteiger charge is -2.15. The summed E-state index contributed by atoms with van der Waals surface area (Å²) in [6.45, 7) is 0. The lowest BCUT2D eigenvalue weighted by molar-refractivity contribution is 0.102. The second-order valence-electron chi connectivity index (χ2n) is 6.28. The predicted molar refractivity (Wildman–Crippen MR) is 111 cm³/mol. The van der Waals surface area contributed by atoms with Crippen molar-refractivity contribution in [1.29, 1.82) is 0 Å². The number of oxazole rings is 1. The molecule has 1 N–H and O–H groups in total. The minimum Gasteiger partial charge on any atom is -0.493 e. The summed E-state index contributed by atoms with van der Waals surface area (Å²) in [5, 5.41) is 2.85. The molecule has 0 saturated heterocycles. The molecule has 30 heavy (non-hydrogen) atoms. The van der Waals surface area contributed by atoms with Crippen molar-refractivity contribution >= 4 is 22.7 Å². The van der Waals surface area contributed by atoms with Gasteiger partial charge in [-0.15, -0.1) is 0 Å². The van der Waals surface area contributed by atoms with Crippen LogP contribution >= 0.6 is 0 Å². The van der Waals surface area contributed by atoms with Gasteiger partial charge in [0.1, 0.15) is 5.52 Å². The maximum Gasteiger partial charge on any atom is 0.259 e. The van der Waals surface area contributed by atoms with E-state index < -0.39 is 0 Å². The van der Waals surface area contributed by atoms with Gasteiger partial charge in [0.25, 0.3) is 5.91 Å². The van der Waals surface area contributed by atoms with Crippen LogP contribution in [0, 0.1) is 0 Å². The molecule has 0 bridgehead atoms. The van der Waals surface area contributed by atoms with Gasteiger partial charge in [-0.05, 0) is 42.5 Å². The van der Waals surface area contributed by atoms with E-state index in [0.29, 0.717) is 40.0 Å². The molecule has 0 radical (unpaired) electrons. The fraction of sp³-hybridized carbons (Fsp3) is 0.136. The fourth-order valence-corrected chi connectivity index (χ4v) is 3.08. The van der Waals surface area contributed by atoms with E-state index in [1.807, 2.05) is 12.1 Å². The molecule has 152 valence electrons. The normalized spacial score (nSPS) is 10.6. The van der Waals surface area contributed by atoms with Gasteiger partial charge in [0.2, 0.25) is 11.6 Å². The van der Waals surface area contributed by atoms with Crippen molar-refractivity contribution in [2.75, 3.05) is 26.6 Å². The second kappa shape index (κ2) is 8.12. The van der Waals surface area contributed by atoms with Crippen molar-refractivity contribution < 1.29 is 23.4 Å². The van der Waals surface area contributed by atoms with Crippen LogP contribution in [-0.2, 0) is 0 Å². The van der Waals surface area contributed by atoms with E-state index in [1.54, 1.807) is 42.7 Å². The molecule has 8 heteroatoms. The first-order valence-electron chi connectivity index (χ1n) is 9.06. The minimum absolute atomic E-state index is 0.297. The number of aromatic nitrogens is 2. The van der Waals surface area contributed by atoms with Gasteiger partial charge in [0.15, 0.2) is 17.1 Å². The first-order valence-corrected chi connectivity index (χ1v) is 9.06. The van der Waals surface area contributed by atoms with Crippen molar-refractivity contribution in [3.05, 3.63) is 60.4 Å². The number of anilines is 1. The molecule has 0 aliphatic carbocycles. The Hall–Kier alpha value is -4.07. The lowest BCUT2D eigenvalue weighted by Crippen LogP contribution is -2.14. The SMILES string of the molecule is COc1ccc(C(=O)Nc2ccc(-c3nc4ccncc4o3)cc2)c(OC)c1OC. The lowest BCUT2D eigenvalue weighted by atomic mass is 10.1. The van der Waals surface area contributed by atoms with Crippen molar-refractivity contribution in [3.8, 4) is 28.7 Å². The van der Waals surface area contributed by atoms with Gasteiger partial charge in [-0.3, -0.25) is 9.78 Å². The summed E-state index contributed by atoms with van der Waals surface area (Å²) in [4.78, 5) is 21.3. The molecular formula is C22H19N3O5. The highest BCUT2D eigenvalue weighted by molar-refractivity contribution is 6.07. The van der Waals surface area contributed by atoms with Crippen LogP contribution in [0.5, 0.6) is 17.2 Å². The third-order valence-corrected chi connectivity index (χ3v) is 4.53. The largest absolute Gasteiger partial charge is 0.493 e. The van der Waals surface area contributed by atoms with Crippen LogP contribution in [0.15, 0.2) is 59.3 Å². The standard InChI is InChI=1S/C22H19N3O5/c1-27-17-9-8-15(19(28-2)20(17)29-3)21(26)24-14-6-4-13(5-7-14)22-25-16-10-11-23-12-18(16)30-22/h4-12H,1-3H3,(H,24,26). The summed E-state index contributed by atoms with van der Waals surface area (Å²) in [6.07, 6.45) is 3.28. The molecule has 0 atom stereocenters. The summed E-state index contributed by atoms with van der Waals surface area (Å²) < 4.78 is 21.7. The molecule has 1 amide bonds. The smallest absolute Gasteiger partial charge is 0.259 e. The third kappa shape index (κ3) is 3.50. The van der Waals surface area contributed by atoms with Gasteiger partial charge >= 0.3 is 0 Å². The summed E-state index contributed by atoms with van der Waals surface area (Å²) in [5.41, 5.74) is 3.07. The number of ether oxygens (including phenoxy) is 3. The number of hydrogen-bond acceptors (Lipinski definition) is 7. The molecule has 0 spiro atoms. The Morgan fingerprint density at radius 1 is 0.933 bits per heavy atom. The molecule has 2 aromatic heterocycles. The number of fused-ring (bicyclic) bond motifs is 1. The van der Waals surface area contributed by atoms with Gasteiger partial charge in [0.05, 0.1) is 33.1 Å². The van der Waals surface area contributed by atoms with E-state index >= 15 is 0 Å². The first-order chi connectivity index (χ1) is 14.6. The maximum absolute atomic E-state index is 12.8. The Labute approximate surface area is 172 Å². The number of amides is 1. The highest BCUT2D eigenvalue weighted by Gasteiger charge is 2.20. The molecule has 0 saturated carbocycles. The summed E-state index contributed by atoms with van der Waals surface area (Å²) in [7, 11) is 4.48. The van der Waals surface area contributed by atoms with Gasteiger partial charge < -0.3 is 23.9 Å². The Kier molecular flexibility index (Phi) is 5.21. The molecular weight excluding hydrogens is 386 g/mol. The molecule has 2 aromatic carbocycles. The second-order valence-corrected chi connectivity index (χ2v) is 6.28. The fourth-order valence-electron chi connectivity index (χ4n) is 3.08. The van der Waals surface area contributed by atoms with Crippen LogP contribution in [0.3, 0.4) is 0 Å². The third-order valence-electron chi connectivity index (χ3n) is 4.53. The van der Waals surface area contributed by atoms with Gasteiger partial charge in [-0.2, -0.15) is 0 Å². The van der Waals surface area contributed by atoms with E-state index in [-0.39, 0.29) is 5.91 Å². The van der Waals surface area contributed by atoms with Gasteiger partial charge in [-0.1, -0.05) is 0 Å². The van der Waals surface area contributed by atoms with Crippen LogP contribution in [0.4, 0.5) is 5.69 Å². The Morgan fingerprint density at radius 3 is 2.37 bits per heavy atom. The Morgan fingerprint density at radius 2 is 1.70 bits per heavy atom. The molecule has 4 rings (SSSR count). The summed E-state index contributed by atoms with van der Waals surface area (Å²) in [5.74, 6) is 1.27. The topological polar surface area (TPSA) is 95.7 Å². The Balaban J connectivity index is 1.57. The average molecular weight is 405 g/mol. The van der Waals surface area contributed by atoms with Gasteiger partial charge in [-0.25, -0.2) is 4.98 Å². The molecule has 4 aromatic rings. The maximum atomic E-state index is 12.8. The molecule has 0 fully saturated rings. The van der Waals surface area contributed by atoms with Crippen LogP contribution in [0.2, 0.25) is 0 Å². The van der Waals surface area contributed by atoms with E-state index in [1.165, 1.54) is 21.3 Å². The molecule has 0 aliphatic rings. The number of nitrogens with zero attached hydrogens (tertiary/aromatic N) is 2. The molecule has 8 nitrogen and oxygen atoms in total. The van der Waals surface area contributed by atoms with Crippen LogP contribution in [0.1, 0.15) is 10.4 Å². The monoisotopic (exact) mass is 405 g/mol. The first kappa shape index (κ1) is 19.3. The number of nitrogens with one attached hydrogen (secondary N) is 1. The highest BCUT2D eigenvalue weighted by atomic mass is 16.5. The van der Waals surface area contributed by atoms with Crippen molar-refractivity contribution in [3.63, 3.8) is 0 Å². The van der Waals surface area contributed by atoms with E-state index in [0.717, 1.165) is 11.1 Å². The number of hydrogen-bond donors (Lipinski definition) is 1. The predicted octanol–water partition coefficient (Wildman–Crippen LogP) is 4.17. The average Bonchev–Trinajstić information content (AvgIpc) is 3.22. The zero-order chi connectivity index (χ0) is 21.1. The Bertz CT molecular complexity index is 1170. The molecule has 2 heterocycles.